The van der Waals surface area contributed by atoms with E-state index in [1.807, 2.05) is 36.4 Å². The number of rotatable bonds is 3. The van der Waals surface area contributed by atoms with E-state index < -0.39 is 0 Å². The molecule has 0 amide bonds. The summed E-state index contributed by atoms with van der Waals surface area (Å²) in [7, 11) is 1.35. The molecule has 0 atom stereocenters. The molecule has 0 aliphatic rings. The van der Waals surface area contributed by atoms with Crippen molar-refractivity contribution in [3.8, 4) is 0 Å². The van der Waals surface area contributed by atoms with Crippen molar-refractivity contribution in [2.45, 2.75) is 0 Å². The summed E-state index contributed by atoms with van der Waals surface area (Å²) < 4.78 is 4.44. The van der Waals surface area contributed by atoms with Crippen LogP contribution in [0.5, 0.6) is 0 Å². The summed E-state index contributed by atoms with van der Waals surface area (Å²) in [5.41, 5.74) is 1.10. The number of benzene rings is 1. The lowest BCUT2D eigenvalue weighted by atomic mass is 10.2. The lowest BCUT2D eigenvalue weighted by Gasteiger charge is -1.89. The third-order valence-electron chi connectivity index (χ3n) is 1.63. The number of hydrogen-bond acceptors (Lipinski definition) is 2. The molecule has 0 heterocycles. The minimum Gasteiger partial charge on any atom is -0.466 e. The lowest BCUT2D eigenvalue weighted by Crippen LogP contribution is -1.92. The average Bonchev–Trinajstić information content (AvgIpc) is 2.25. The van der Waals surface area contributed by atoms with E-state index in [4.69, 9.17) is 0 Å². The summed E-state index contributed by atoms with van der Waals surface area (Å²) >= 11 is 0. The first kappa shape index (κ1) is 10.3. The Morgan fingerprint density at radius 1 is 1.21 bits per heavy atom. The average molecular weight is 188 g/mol. The van der Waals surface area contributed by atoms with Crippen LogP contribution < -0.4 is 0 Å². The Morgan fingerprint density at radius 2 is 1.93 bits per heavy atom. The van der Waals surface area contributed by atoms with Crippen LogP contribution in [-0.4, -0.2) is 13.1 Å². The summed E-state index contributed by atoms with van der Waals surface area (Å²) in [5.74, 6) is -0.345. The van der Waals surface area contributed by atoms with Crippen molar-refractivity contribution in [3.63, 3.8) is 0 Å². The summed E-state index contributed by atoms with van der Waals surface area (Å²) in [6.45, 7) is 0. The molecule has 2 heteroatoms. The molecule has 0 aliphatic carbocycles. The minimum atomic E-state index is -0.345. The maximum absolute atomic E-state index is 10.7. The topological polar surface area (TPSA) is 26.3 Å². The van der Waals surface area contributed by atoms with Crippen molar-refractivity contribution in [2.24, 2.45) is 0 Å². The first-order valence-electron chi connectivity index (χ1n) is 4.30. The molecule has 0 N–H and O–H groups in total. The highest BCUT2D eigenvalue weighted by molar-refractivity contribution is 5.82. The fraction of sp³-hybridized carbons (Fsp3) is 0.0833. The van der Waals surface area contributed by atoms with Crippen LogP contribution in [0.1, 0.15) is 5.56 Å². The van der Waals surface area contributed by atoms with Gasteiger partial charge >= 0.3 is 5.97 Å². The van der Waals surface area contributed by atoms with Crippen LogP contribution in [0.15, 0.2) is 48.6 Å². The molecule has 0 radical (unpaired) electrons. The van der Waals surface area contributed by atoms with Gasteiger partial charge in [-0.2, -0.15) is 0 Å². The van der Waals surface area contributed by atoms with Crippen molar-refractivity contribution in [2.75, 3.05) is 7.11 Å². The van der Waals surface area contributed by atoms with Crippen LogP contribution in [0.2, 0.25) is 0 Å². The third-order valence-corrected chi connectivity index (χ3v) is 1.63. The molecular formula is C12H12O2. The van der Waals surface area contributed by atoms with E-state index >= 15 is 0 Å². The van der Waals surface area contributed by atoms with Crippen molar-refractivity contribution >= 4 is 12.0 Å². The molecule has 0 saturated carbocycles. The molecule has 1 aromatic rings. The van der Waals surface area contributed by atoms with E-state index in [-0.39, 0.29) is 5.97 Å². The van der Waals surface area contributed by atoms with Gasteiger partial charge in [0.15, 0.2) is 0 Å². The molecule has 0 aliphatic heterocycles. The zero-order valence-electron chi connectivity index (χ0n) is 8.01. The molecule has 2 nitrogen and oxygen atoms in total. The van der Waals surface area contributed by atoms with Crippen molar-refractivity contribution in [3.05, 3.63) is 54.1 Å². The van der Waals surface area contributed by atoms with Gasteiger partial charge in [-0.05, 0) is 5.56 Å². The maximum Gasteiger partial charge on any atom is 0.330 e. The fourth-order valence-electron chi connectivity index (χ4n) is 0.933. The van der Waals surface area contributed by atoms with E-state index in [9.17, 15) is 4.79 Å². The zero-order chi connectivity index (χ0) is 10.2. The highest BCUT2D eigenvalue weighted by atomic mass is 16.5. The Hall–Kier alpha value is -1.83. The van der Waals surface area contributed by atoms with Gasteiger partial charge in [0, 0.05) is 6.08 Å². The minimum absolute atomic E-state index is 0.345. The molecule has 0 fully saturated rings. The predicted octanol–water partition coefficient (Wildman–Crippen LogP) is 2.43. The second-order valence-corrected chi connectivity index (χ2v) is 2.65. The summed E-state index contributed by atoms with van der Waals surface area (Å²) in [6.07, 6.45) is 6.74. The molecule has 0 unspecified atom stereocenters. The van der Waals surface area contributed by atoms with Crippen molar-refractivity contribution < 1.29 is 9.53 Å². The maximum atomic E-state index is 10.7. The quantitative estimate of drug-likeness (QED) is 0.413. The Kier molecular flexibility index (Phi) is 4.21. The number of esters is 1. The third kappa shape index (κ3) is 3.72. The van der Waals surface area contributed by atoms with Crippen LogP contribution in [0.4, 0.5) is 0 Å². The van der Waals surface area contributed by atoms with Crippen LogP contribution in [-0.2, 0) is 9.53 Å². The molecule has 72 valence electrons. The van der Waals surface area contributed by atoms with E-state index in [2.05, 4.69) is 4.74 Å². The number of hydrogen-bond donors (Lipinski definition) is 0. The van der Waals surface area contributed by atoms with Crippen molar-refractivity contribution in [1.82, 2.24) is 0 Å². The molecule has 1 aromatic carbocycles. The van der Waals surface area contributed by atoms with Gasteiger partial charge in [-0.3, -0.25) is 0 Å². The first-order chi connectivity index (χ1) is 6.83. The van der Waals surface area contributed by atoms with Gasteiger partial charge in [-0.1, -0.05) is 48.6 Å². The molecule has 0 spiro atoms. The van der Waals surface area contributed by atoms with Crippen LogP contribution in [0, 0.1) is 0 Å². The fourth-order valence-corrected chi connectivity index (χ4v) is 0.933. The summed E-state index contributed by atoms with van der Waals surface area (Å²) in [5, 5.41) is 0. The van der Waals surface area contributed by atoms with Crippen LogP contribution in [0.3, 0.4) is 0 Å². The van der Waals surface area contributed by atoms with Gasteiger partial charge in [0.1, 0.15) is 0 Å². The highest BCUT2D eigenvalue weighted by Gasteiger charge is 1.86. The van der Waals surface area contributed by atoms with E-state index in [1.54, 1.807) is 12.2 Å². The second-order valence-electron chi connectivity index (χ2n) is 2.65. The zero-order valence-corrected chi connectivity index (χ0v) is 8.01. The second kappa shape index (κ2) is 5.75. The molecule has 0 saturated heterocycles. The number of carbonyl (C=O) groups excluding carboxylic acids is 1. The molecule has 14 heavy (non-hydrogen) atoms. The SMILES string of the molecule is COC(=O)/C=C/C=C\c1ccccc1. The first-order valence-corrected chi connectivity index (χ1v) is 4.30. The van der Waals surface area contributed by atoms with Crippen molar-refractivity contribution in [1.29, 1.82) is 0 Å². The van der Waals surface area contributed by atoms with Gasteiger partial charge in [0.25, 0.3) is 0 Å². The number of methoxy groups -OCH3 is 1. The Morgan fingerprint density at radius 3 is 2.57 bits per heavy atom. The Bertz CT molecular complexity index is 337. The standard InChI is InChI=1S/C12H12O2/c1-14-12(13)10-6-5-9-11-7-3-2-4-8-11/h2-10H,1H3/b9-5-,10-6+. The van der Waals surface area contributed by atoms with Gasteiger partial charge in [-0.15, -0.1) is 0 Å². The van der Waals surface area contributed by atoms with Gasteiger partial charge in [0.05, 0.1) is 7.11 Å². The lowest BCUT2D eigenvalue weighted by molar-refractivity contribution is -0.134. The highest BCUT2D eigenvalue weighted by Crippen LogP contribution is 2.00. The Labute approximate surface area is 83.5 Å². The molecule has 0 aromatic heterocycles. The predicted molar refractivity (Wildman–Crippen MR) is 56.6 cm³/mol. The van der Waals surface area contributed by atoms with Gasteiger partial charge in [0.2, 0.25) is 0 Å². The van der Waals surface area contributed by atoms with Gasteiger partial charge in [-0.25, -0.2) is 4.79 Å². The Balaban J connectivity index is 2.50. The van der Waals surface area contributed by atoms with E-state index in [0.717, 1.165) is 5.56 Å². The van der Waals surface area contributed by atoms with Crippen LogP contribution in [0.25, 0.3) is 6.08 Å². The van der Waals surface area contributed by atoms with E-state index in [0.29, 0.717) is 0 Å². The van der Waals surface area contributed by atoms with Crippen LogP contribution >= 0.6 is 0 Å². The monoisotopic (exact) mass is 188 g/mol. The molecule has 1 rings (SSSR count). The number of ether oxygens (including phenoxy) is 1. The molecular weight excluding hydrogens is 176 g/mol. The summed E-state index contributed by atoms with van der Waals surface area (Å²) in [6, 6.07) is 9.86. The van der Waals surface area contributed by atoms with Gasteiger partial charge < -0.3 is 4.74 Å². The number of allylic oxidation sites excluding steroid dienone is 2. The normalized spacial score (nSPS) is 10.9. The smallest absolute Gasteiger partial charge is 0.330 e. The largest absolute Gasteiger partial charge is 0.466 e. The summed E-state index contributed by atoms with van der Waals surface area (Å²) in [4.78, 5) is 10.7. The number of carbonyl (C=O) groups is 1. The van der Waals surface area contributed by atoms with E-state index in [1.165, 1.54) is 13.2 Å². The molecule has 0 bridgehead atoms.